The minimum atomic E-state index is -6.58. The van der Waals surface area contributed by atoms with Crippen LogP contribution >= 0.6 is 0 Å². The number of nitrogens with one attached hydrogen (secondary N) is 3. The lowest BCUT2D eigenvalue weighted by Gasteiger charge is -2.51. The molecule has 25 unspecified atom stereocenters. The average molecular weight is 2220 g/mol. The molecule has 145 heavy (non-hydrogen) atoms. The Kier molecular flexibility index (Phi) is 37.8. The van der Waals surface area contributed by atoms with Gasteiger partial charge in [0.25, 0.3) is 0 Å². The highest BCUT2D eigenvalue weighted by atomic mass is 32.3. The highest BCUT2D eigenvalue weighted by molar-refractivity contribution is 7.84. The monoisotopic (exact) mass is 2220 g/mol. The van der Waals surface area contributed by atoms with Crippen molar-refractivity contribution >= 4 is 137 Å². The van der Waals surface area contributed by atoms with Crippen molar-refractivity contribution in [2.75, 3.05) is 26.4 Å². The number of aliphatic carboxylic acids is 3. The smallest absolute Gasteiger partial charge is 0.397 e. The first-order valence-corrected chi connectivity index (χ1v) is 51.4. The number of benzene rings is 6. The molecule has 0 aromatic heterocycles. The second kappa shape index (κ2) is 48.1. The van der Waals surface area contributed by atoms with Crippen LogP contribution in [0.2, 0.25) is 0 Å². The van der Waals surface area contributed by atoms with E-state index in [9.17, 15) is 167 Å². The van der Waals surface area contributed by atoms with Crippen LogP contribution in [0.3, 0.4) is 0 Å². The Labute approximate surface area is 817 Å². The van der Waals surface area contributed by atoms with Crippen molar-refractivity contribution in [1.29, 1.82) is 0 Å². The first kappa shape index (κ1) is 114. The van der Waals surface area contributed by atoms with E-state index in [0.717, 1.165) is 109 Å². The van der Waals surface area contributed by atoms with Crippen LogP contribution in [-0.2, 0) is 194 Å². The van der Waals surface area contributed by atoms with Gasteiger partial charge in [0.05, 0.1) is 59.3 Å². The van der Waals surface area contributed by atoms with Crippen LogP contribution in [0.25, 0.3) is 0 Å². The van der Waals surface area contributed by atoms with Crippen LogP contribution in [-0.4, -0.2) is 358 Å². The van der Waals surface area contributed by atoms with Gasteiger partial charge in [0.15, 0.2) is 80.1 Å². The highest BCUT2D eigenvalue weighted by Gasteiger charge is 2.65. The number of aliphatic hydroxyl groups excluding tert-OH is 1. The first-order valence-electron chi connectivity index (χ1n) is 40.3. The molecular weight excluding hydrogens is 2140 g/mol. The topological polar surface area (TPSA) is 899 Å². The summed E-state index contributed by atoms with van der Waals surface area (Å²) in [7, 11) is -49.4. The van der Waals surface area contributed by atoms with E-state index in [4.69, 9.17) is 84.2 Å². The lowest BCUT2D eigenvalue weighted by molar-refractivity contribution is -0.371. The predicted octanol–water partition coefficient (Wildman–Crippen LogP) is -3.23. The Morgan fingerprint density at radius 2 is 0.552 bits per heavy atom. The minimum absolute atomic E-state index is 0.0972. The SMILES string of the molecule is O=C(O)/C=C(\COC(=O)c1ccccc1)OC1OC(COS(=O)(=O)O)C(OC2OC(C(=O)O)C(OC3OC(COS(=O)(=O)O)C(OC4OC(C(=O)O)C(OC5OC(COS(=O)(=O)O)C(O)C(OC(=O)c6ccccc6)C5NS(=O)(=O)O)C(OC(=O)c5ccccc5)C4OS(=O)(=O)O)C(OC(=O)c4ccccc4)C3NS(=O)(=O)O)C(OC(=O)c3ccccc3)C2OS(=O)(=O)O)C(OC(=O)c2ccccc2)C1NS(=O)(=O)O. The summed E-state index contributed by atoms with van der Waals surface area (Å²) < 4.78 is 416. The van der Waals surface area contributed by atoms with Gasteiger partial charge in [0.1, 0.15) is 79.3 Å². The Hall–Kier alpha value is -11.4. The Balaban J connectivity index is 1.09. The van der Waals surface area contributed by atoms with Crippen LogP contribution < -0.4 is 14.2 Å². The molecule has 0 amide bonds. The number of aliphatic hydroxyl groups is 1. The molecule has 15 N–H and O–H groups in total. The molecule has 0 spiro atoms. The van der Waals surface area contributed by atoms with Crippen LogP contribution in [0.15, 0.2) is 194 Å². The third kappa shape index (κ3) is 33.3. The molecule has 6 aromatic carbocycles. The summed E-state index contributed by atoms with van der Waals surface area (Å²) in [5.74, 6) is -18.6. The van der Waals surface area contributed by atoms with Crippen LogP contribution in [0, 0.1) is 0 Å². The van der Waals surface area contributed by atoms with Gasteiger partial charge < -0.3 is 96.2 Å². The van der Waals surface area contributed by atoms with E-state index >= 15 is 0 Å². The fourth-order valence-corrected chi connectivity index (χ4v) is 18.1. The van der Waals surface area contributed by atoms with Crippen molar-refractivity contribution < 1.29 is 264 Å². The molecule has 5 aliphatic rings. The molecule has 25 atom stereocenters. The summed E-state index contributed by atoms with van der Waals surface area (Å²) >= 11 is 0. The van der Waals surface area contributed by atoms with Crippen molar-refractivity contribution in [3.8, 4) is 0 Å². The molecule has 5 fully saturated rings. The Morgan fingerprint density at radius 3 is 0.841 bits per heavy atom. The zero-order valence-corrected chi connectivity index (χ0v) is 78.6. The second-order valence-corrected chi connectivity index (χ2v) is 39.1. The summed E-state index contributed by atoms with van der Waals surface area (Å²) in [5, 5.41) is 44.9. The van der Waals surface area contributed by atoms with Gasteiger partial charge >= 0.3 is 137 Å². The van der Waals surface area contributed by atoms with Gasteiger partial charge in [-0.15, -0.1) is 0 Å². The van der Waals surface area contributed by atoms with E-state index in [1.807, 2.05) is 0 Å². The summed E-state index contributed by atoms with van der Waals surface area (Å²) in [5.41, 5.74) is -3.50. The van der Waals surface area contributed by atoms with Crippen molar-refractivity contribution in [1.82, 2.24) is 14.2 Å². The van der Waals surface area contributed by atoms with Gasteiger partial charge in [-0.2, -0.15) is 81.5 Å². The number of carbonyl (C=O) groups is 9. The summed E-state index contributed by atoms with van der Waals surface area (Å²) in [4.78, 5) is 128. The molecule has 11 rings (SSSR count). The van der Waals surface area contributed by atoms with Crippen LogP contribution in [0.4, 0.5) is 0 Å². The second-order valence-electron chi connectivity index (χ2n) is 30.2. The third-order valence-electron chi connectivity index (χ3n) is 20.2. The molecule has 0 aliphatic carbocycles. The van der Waals surface area contributed by atoms with E-state index in [1.165, 1.54) is 87.0 Å². The summed E-state index contributed by atoms with van der Waals surface area (Å²) in [6, 6.07) is 24.0. The number of carboxylic acid groups (broad SMARTS) is 3. The molecule has 6 aromatic rings. The minimum Gasteiger partial charge on any atom is -0.479 e. The Bertz CT molecular complexity index is 6640. The predicted molar refractivity (Wildman–Crippen MR) is 457 cm³/mol. The Morgan fingerprint density at radius 1 is 0.290 bits per heavy atom. The van der Waals surface area contributed by atoms with E-state index < -0.39 is 350 Å². The van der Waals surface area contributed by atoms with Gasteiger partial charge in [-0.25, -0.2) is 64.1 Å². The molecule has 0 radical (unpaired) electrons. The van der Waals surface area contributed by atoms with Crippen LogP contribution in [0.1, 0.15) is 62.1 Å². The highest BCUT2D eigenvalue weighted by Crippen LogP contribution is 2.43. The lowest BCUT2D eigenvalue weighted by Crippen LogP contribution is -2.72. The van der Waals surface area contributed by atoms with Gasteiger partial charge in [-0.3, -0.25) is 36.4 Å². The fourth-order valence-electron chi connectivity index (χ4n) is 14.5. The van der Waals surface area contributed by atoms with E-state index in [2.05, 4.69) is 12.5 Å². The van der Waals surface area contributed by atoms with E-state index in [1.54, 1.807) is 0 Å². The number of hydrogen-bond donors (Lipinski definition) is 15. The van der Waals surface area contributed by atoms with Gasteiger partial charge in [-0.1, -0.05) is 109 Å². The number of esters is 6. The van der Waals surface area contributed by atoms with Crippen molar-refractivity contribution in [2.45, 2.75) is 153 Å². The fraction of sp³-hybridized carbons (Fsp3) is 0.382. The van der Waals surface area contributed by atoms with E-state index in [0.29, 0.717) is 0 Å². The maximum atomic E-state index is 15.0. The number of rotatable bonds is 45. The molecule has 5 saturated heterocycles. The van der Waals surface area contributed by atoms with Crippen molar-refractivity contribution in [2.24, 2.45) is 0 Å². The molecule has 69 heteroatoms. The van der Waals surface area contributed by atoms with Crippen molar-refractivity contribution in [3.05, 3.63) is 227 Å². The number of hydrogen-bond acceptors (Lipinski definition) is 47. The zero-order chi connectivity index (χ0) is 106. The molecular formula is C76H79N3O58S8. The first-order chi connectivity index (χ1) is 67.7. The quantitative estimate of drug-likeness (QED) is 0.00588. The normalized spacial score (nSPS) is 28.3. The summed E-state index contributed by atoms with van der Waals surface area (Å²) in [6.45, 7) is -7.10. The number of carboxylic acids is 3. The number of carbonyl (C=O) groups excluding carboxylic acids is 6. The standard InChI is InChI=1S/C76H79N3O58S8/c80-46(81)31-42(32-117-66(87)36-19-7-1-8-20-36)121-72-48(78-139(96,97)98)54(126-68(89)38-23-11-3-12-24-38)51(44(123-72)34-119-142(105,106)107)130-75-63(137-145(114,115)116)59(129-71(92)41-29-17-6-18-30-41)57(61(135-75)65(85)86)133-74-49(79-140(99,100)101)55(127-69(90)39-25-13-4-14-26-39)52(45(124-74)35-120-143(108,109)110)131-76-62(136-144(111,112)113)58(128-70(91)40-27-15-5-16-28-40)56(60(134-76)64(83)84)132-73-47(77-138(93,94)95)53(125-67(88)37-21-9-2-10-22-37)50(82)43(122-73)33-118-141(102,103)104/h1-31,43-45,47-63,72-79,82H,32-35H2,(H,80,81)(H,83,84)(H,85,86)(H,93,94,95)(H,96,97,98)(H,99,100,101)(H,102,103,104)(H,105,106,107)(H,108,109,110)(H,111,112,113)(H,114,115,116)/b42-31+. The maximum absolute atomic E-state index is 15.0. The van der Waals surface area contributed by atoms with Gasteiger partial charge in [0, 0.05) is 0 Å². The molecule has 5 aliphatic heterocycles. The summed E-state index contributed by atoms with van der Waals surface area (Å²) in [6.07, 6.45) is -70.2. The van der Waals surface area contributed by atoms with Gasteiger partial charge in [0.2, 0.25) is 6.29 Å². The number of ether oxygens (including phenoxy) is 16. The van der Waals surface area contributed by atoms with Crippen molar-refractivity contribution in [3.63, 3.8) is 0 Å². The molecule has 5 heterocycles. The van der Waals surface area contributed by atoms with E-state index in [-0.39, 0.29) is 11.6 Å². The molecule has 794 valence electrons. The lowest BCUT2D eigenvalue weighted by atomic mass is 9.93. The molecule has 61 nitrogen and oxygen atoms in total. The molecule has 0 saturated carbocycles. The largest absolute Gasteiger partial charge is 0.479 e. The van der Waals surface area contributed by atoms with Crippen LogP contribution in [0.5, 0.6) is 0 Å². The zero-order valence-electron chi connectivity index (χ0n) is 72.1. The average Bonchev–Trinajstić information content (AvgIpc) is 0.744. The maximum Gasteiger partial charge on any atom is 0.397 e. The molecule has 0 bridgehead atoms. The van der Waals surface area contributed by atoms with Gasteiger partial charge in [-0.05, 0) is 72.8 Å². The third-order valence-corrected chi connectivity index (χ3v) is 24.2.